The van der Waals surface area contributed by atoms with Gasteiger partial charge in [-0.25, -0.2) is 0 Å². The van der Waals surface area contributed by atoms with Crippen LogP contribution in [0.3, 0.4) is 0 Å². The lowest BCUT2D eigenvalue weighted by Crippen LogP contribution is -2.36. The summed E-state index contributed by atoms with van der Waals surface area (Å²) in [6, 6.07) is 16.8. The highest BCUT2D eigenvalue weighted by molar-refractivity contribution is 7.63. The molecule has 0 spiro atoms. The van der Waals surface area contributed by atoms with E-state index in [9.17, 15) is 20.2 Å². The van der Waals surface area contributed by atoms with E-state index in [1.807, 2.05) is 12.1 Å². The minimum absolute atomic E-state index is 0.0975. The summed E-state index contributed by atoms with van der Waals surface area (Å²) in [5.41, 5.74) is 1.55. The lowest BCUT2D eigenvalue weighted by molar-refractivity contribution is -0.384. The Kier molecular flexibility index (Phi) is 5.47. The van der Waals surface area contributed by atoms with Crippen molar-refractivity contribution in [2.75, 3.05) is 5.32 Å². The molecule has 1 amide bonds. The molecule has 2 atom stereocenters. The average molecular weight is 391 g/mol. The second-order valence-corrected chi connectivity index (χ2v) is 6.63. The van der Waals surface area contributed by atoms with E-state index in [1.54, 1.807) is 37.3 Å². The number of allylic oxidation sites excluding steroid dienone is 1. The molecule has 140 valence electrons. The van der Waals surface area contributed by atoms with Crippen LogP contribution < -0.4 is 5.32 Å². The van der Waals surface area contributed by atoms with Crippen molar-refractivity contribution < 1.29 is 9.72 Å². The van der Waals surface area contributed by atoms with E-state index in [2.05, 4.69) is 10.3 Å². The molecule has 1 heterocycles. The second-order valence-electron chi connectivity index (χ2n) is 6.25. The molecule has 28 heavy (non-hydrogen) atoms. The van der Waals surface area contributed by atoms with Crippen LogP contribution in [0.25, 0.3) is 0 Å². The van der Waals surface area contributed by atoms with Crippen LogP contribution in [0.2, 0.25) is 0 Å². The van der Waals surface area contributed by atoms with Crippen LogP contribution in [-0.2, 0) is 17.4 Å². The number of carbonyl (C=O) groups excluding carboxylic acids is 1. The van der Waals surface area contributed by atoms with E-state index < -0.39 is 16.8 Å². The van der Waals surface area contributed by atoms with Gasteiger partial charge in [-0.2, -0.15) is 5.26 Å². The molecule has 1 aliphatic rings. The van der Waals surface area contributed by atoms with Gasteiger partial charge in [0.25, 0.3) is 5.69 Å². The number of nitro groups is 1. The van der Waals surface area contributed by atoms with Gasteiger partial charge in [0.1, 0.15) is 0 Å². The number of benzene rings is 2. The molecule has 1 unspecified atom stereocenters. The third-order valence-corrected chi connectivity index (χ3v) is 4.80. The van der Waals surface area contributed by atoms with Gasteiger partial charge < -0.3 is 17.9 Å². The van der Waals surface area contributed by atoms with Crippen LogP contribution in [-0.4, -0.2) is 16.5 Å². The Morgan fingerprint density at radius 1 is 1.25 bits per heavy atom. The topological polar surface area (TPSA) is 108 Å². The van der Waals surface area contributed by atoms with Crippen LogP contribution >= 0.6 is 0 Å². The minimum Gasteiger partial charge on any atom is -0.759 e. The highest BCUT2D eigenvalue weighted by atomic mass is 32.1. The molecule has 8 heteroatoms. The van der Waals surface area contributed by atoms with E-state index in [0.717, 1.165) is 0 Å². The number of anilines is 1. The summed E-state index contributed by atoms with van der Waals surface area (Å²) in [5, 5.41) is 23.7. The van der Waals surface area contributed by atoms with Gasteiger partial charge in [-0.1, -0.05) is 35.4 Å². The molecule has 1 N–H and O–H groups in total. The number of carbonyl (C=O) groups is 1. The molecular weight excluding hydrogens is 376 g/mol. The van der Waals surface area contributed by atoms with Gasteiger partial charge in [0, 0.05) is 35.0 Å². The van der Waals surface area contributed by atoms with Crippen molar-refractivity contribution in [1.29, 1.82) is 5.26 Å². The number of nitriles is 1. The first-order valence-corrected chi connectivity index (χ1v) is 8.80. The number of nitrogens with zero attached hydrogens (tertiary/aromatic N) is 3. The van der Waals surface area contributed by atoms with Crippen LogP contribution in [0.1, 0.15) is 18.4 Å². The van der Waals surface area contributed by atoms with Crippen molar-refractivity contribution in [3.05, 3.63) is 80.9 Å². The van der Waals surface area contributed by atoms with Gasteiger partial charge in [0.2, 0.25) is 5.91 Å². The number of nitrogens with one attached hydrogen (secondary N) is 1. The Morgan fingerprint density at radius 3 is 2.61 bits per heavy atom. The largest absolute Gasteiger partial charge is 0.759 e. The van der Waals surface area contributed by atoms with Crippen LogP contribution in [0.4, 0.5) is 11.4 Å². The molecule has 2 aromatic rings. The van der Waals surface area contributed by atoms with Crippen molar-refractivity contribution in [3.8, 4) is 6.07 Å². The zero-order valence-corrected chi connectivity index (χ0v) is 15.6. The van der Waals surface area contributed by atoms with Gasteiger partial charge in [-0.15, -0.1) is 0 Å². The van der Waals surface area contributed by atoms with Crippen LogP contribution in [0, 0.1) is 27.4 Å². The third kappa shape index (κ3) is 3.75. The molecule has 0 aromatic heterocycles. The Labute approximate surface area is 167 Å². The summed E-state index contributed by atoms with van der Waals surface area (Å²) in [4.78, 5) is 27.9. The number of hydrogen-bond acceptors (Lipinski definition) is 6. The van der Waals surface area contributed by atoms with Gasteiger partial charge >= 0.3 is 0 Å². The van der Waals surface area contributed by atoms with Crippen LogP contribution in [0.15, 0.2) is 70.2 Å². The molecule has 2 aromatic carbocycles. The van der Waals surface area contributed by atoms with E-state index in [4.69, 9.17) is 12.6 Å². The number of non-ortho nitro benzene ring substituents is 1. The monoisotopic (exact) mass is 391 g/mol. The normalized spacial score (nSPS) is 18.8. The molecule has 0 radical (unpaired) electrons. The molecular formula is C20H15N4O3S-. The maximum atomic E-state index is 13.1. The number of nitro benzene ring substituents is 1. The molecule has 3 rings (SSSR count). The first-order valence-electron chi connectivity index (χ1n) is 8.39. The molecule has 7 nitrogen and oxygen atoms in total. The first kappa shape index (κ1) is 19.2. The third-order valence-electron chi connectivity index (χ3n) is 4.49. The average Bonchev–Trinajstić information content (AvgIpc) is 2.68. The minimum atomic E-state index is -0.816. The number of amides is 1. The maximum absolute atomic E-state index is 13.1. The number of rotatable bonds is 4. The molecule has 0 aliphatic carbocycles. The zero-order chi connectivity index (χ0) is 20.3. The lowest BCUT2D eigenvalue weighted by Gasteiger charge is -2.33. The Hall–Kier alpha value is -3.57. The highest BCUT2D eigenvalue weighted by Crippen LogP contribution is 2.39. The lowest BCUT2D eigenvalue weighted by atomic mass is 9.76. The first-order chi connectivity index (χ1) is 13.4. The zero-order valence-electron chi connectivity index (χ0n) is 14.8. The van der Waals surface area contributed by atoms with Gasteiger partial charge in [0.15, 0.2) is 0 Å². The van der Waals surface area contributed by atoms with Gasteiger partial charge in [-0.3, -0.25) is 19.9 Å². The maximum Gasteiger partial charge on any atom is 0.269 e. The molecule has 0 fully saturated rings. The number of hydrogen-bond donors (Lipinski definition) is 1. The van der Waals surface area contributed by atoms with Crippen molar-refractivity contribution in [3.63, 3.8) is 0 Å². The van der Waals surface area contributed by atoms with Crippen molar-refractivity contribution in [2.24, 2.45) is 10.9 Å². The SMILES string of the molecule is CC1=NC([S-])=C(C#N)[C@H](c2cccc([N+](=O)[O-])c2)C1C(=O)Nc1ccccc1. The van der Waals surface area contributed by atoms with Crippen molar-refractivity contribution >= 4 is 35.6 Å². The predicted molar refractivity (Wildman–Crippen MR) is 108 cm³/mol. The van der Waals surface area contributed by atoms with E-state index in [1.165, 1.54) is 18.2 Å². The van der Waals surface area contributed by atoms with E-state index in [-0.39, 0.29) is 22.2 Å². The second kappa shape index (κ2) is 7.98. The fraction of sp³-hybridized carbons (Fsp3) is 0.150. The van der Waals surface area contributed by atoms with Crippen molar-refractivity contribution in [1.82, 2.24) is 0 Å². The van der Waals surface area contributed by atoms with E-state index >= 15 is 0 Å². The Morgan fingerprint density at radius 2 is 1.96 bits per heavy atom. The highest BCUT2D eigenvalue weighted by Gasteiger charge is 2.37. The number of aliphatic imine (C=N–C) groups is 1. The standard InChI is InChI=1S/C20H16N4O3S/c1-12-17(19(25)23-14-7-3-2-4-8-14)18(16(11-21)20(28)22-12)13-6-5-9-15(10-13)24(26)27/h2-10,17-18,28H,1H3,(H,23,25)/p-1/t17?,18-/m0/s1. The summed E-state index contributed by atoms with van der Waals surface area (Å²) >= 11 is 5.22. The molecule has 0 bridgehead atoms. The van der Waals surface area contributed by atoms with E-state index in [0.29, 0.717) is 17.0 Å². The van der Waals surface area contributed by atoms with Gasteiger partial charge in [0.05, 0.1) is 16.9 Å². The van der Waals surface area contributed by atoms with Crippen LogP contribution in [0.5, 0.6) is 0 Å². The van der Waals surface area contributed by atoms with Gasteiger partial charge in [-0.05, 0) is 24.6 Å². The molecule has 0 saturated carbocycles. The Balaban J connectivity index is 2.07. The summed E-state index contributed by atoms with van der Waals surface area (Å²) in [6.45, 7) is 1.67. The molecule has 0 saturated heterocycles. The quantitative estimate of drug-likeness (QED) is 0.486. The summed E-state index contributed by atoms with van der Waals surface area (Å²) in [5.74, 6) is -1.93. The Bertz CT molecular complexity index is 1040. The summed E-state index contributed by atoms with van der Waals surface area (Å²) < 4.78 is 0. The smallest absolute Gasteiger partial charge is 0.269 e. The fourth-order valence-corrected chi connectivity index (χ4v) is 3.54. The van der Waals surface area contributed by atoms with Crippen molar-refractivity contribution in [2.45, 2.75) is 12.8 Å². The number of para-hydroxylation sites is 1. The predicted octanol–water partition coefficient (Wildman–Crippen LogP) is 3.69. The molecule has 1 aliphatic heterocycles. The fourth-order valence-electron chi connectivity index (χ4n) is 3.22. The summed E-state index contributed by atoms with van der Waals surface area (Å²) in [6.07, 6.45) is 0. The summed E-state index contributed by atoms with van der Waals surface area (Å²) in [7, 11) is 0.